The van der Waals surface area contributed by atoms with Crippen LogP contribution in [0.15, 0.2) is 12.3 Å². The molecule has 1 aliphatic heterocycles. The summed E-state index contributed by atoms with van der Waals surface area (Å²) in [6, 6.07) is 0.914. The number of ether oxygens (including phenoxy) is 2. The molecule has 2 fully saturated rings. The molecule has 0 aromatic carbocycles. The van der Waals surface area contributed by atoms with E-state index in [0.29, 0.717) is 24.4 Å². The maximum atomic E-state index is 12.6. The van der Waals surface area contributed by atoms with Crippen molar-refractivity contribution in [3.05, 3.63) is 17.8 Å². The molecule has 1 aliphatic carbocycles. The van der Waals surface area contributed by atoms with Crippen molar-refractivity contribution in [2.75, 3.05) is 26.8 Å². The summed E-state index contributed by atoms with van der Waals surface area (Å²) in [5.41, 5.74) is -0.839. The van der Waals surface area contributed by atoms with Gasteiger partial charge >= 0.3 is 6.18 Å². The molecule has 2 aliphatic rings. The highest BCUT2D eigenvalue weighted by molar-refractivity contribution is 5.37. The Labute approximate surface area is 114 Å². The van der Waals surface area contributed by atoms with Crippen molar-refractivity contribution < 1.29 is 22.6 Å². The zero-order valence-electron chi connectivity index (χ0n) is 10.9. The van der Waals surface area contributed by atoms with Crippen LogP contribution >= 0.6 is 0 Å². The first-order valence-electron chi connectivity index (χ1n) is 6.45. The van der Waals surface area contributed by atoms with E-state index in [1.54, 1.807) is 0 Å². The van der Waals surface area contributed by atoms with Crippen molar-refractivity contribution in [3.8, 4) is 11.6 Å². The highest BCUT2D eigenvalue weighted by Gasteiger charge is 2.53. The van der Waals surface area contributed by atoms with E-state index < -0.39 is 11.7 Å². The zero-order valence-corrected chi connectivity index (χ0v) is 10.9. The van der Waals surface area contributed by atoms with Crippen LogP contribution in [0.5, 0.6) is 11.6 Å². The smallest absolute Gasteiger partial charge is 0.418 e. The lowest BCUT2D eigenvalue weighted by molar-refractivity contribution is -0.138. The molecule has 2 heterocycles. The molecule has 0 spiro atoms. The minimum Gasteiger partial charge on any atom is -0.491 e. The molecular weight excluding hydrogens is 273 g/mol. The van der Waals surface area contributed by atoms with E-state index in [9.17, 15) is 13.2 Å². The fraction of sp³-hybridized carbons (Fsp3) is 0.615. The van der Waals surface area contributed by atoms with Gasteiger partial charge in [0.1, 0.15) is 0 Å². The SMILES string of the molecule is COc1cc(C(F)(F)F)cnc1OCC1[C@H]2CNC[C@@H]12. The number of methoxy groups -OCH3 is 1. The molecule has 0 amide bonds. The van der Waals surface area contributed by atoms with E-state index in [1.165, 1.54) is 7.11 Å². The van der Waals surface area contributed by atoms with Crippen molar-refractivity contribution in [3.63, 3.8) is 0 Å². The third-order valence-electron chi connectivity index (χ3n) is 4.05. The Balaban J connectivity index is 1.67. The minimum atomic E-state index is -4.43. The van der Waals surface area contributed by atoms with E-state index in [-0.39, 0.29) is 11.6 Å². The van der Waals surface area contributed by atoms with Gasteiger partial charge in [-0.2, -0.15) is 13.2 Å². The van der Waals surface area contributed by atoms with Gasteiger partial charge in [-0.25, -0.2) is 4.98 Å². The Morgan fingerprint density at radius 3 is 2.65 bits per heavy atom. The number of hydrogen-bond donors (Lipinski definition) is 1. The number of nitrogens with zero attached hydrogens (tertiary/aromatic N) is 1. The van der Waals surface area contributed by atoms with Gasteiger partial charge in [-0.05, 0) is 31.0 Å². The van der Waals surface area contributed by atoms with Crippen LogP contribution in [0.3, 0.4) is 0 Å². The van der Waals surface area contributed by atoms with Gasteiger partial charge in [-0.15, -0.1) is 0 Å². The van der Waals surface area contributed by atoms with E-state index in [4.69, 9.17) is 9.47 Å². The predicted molar refractivity (Wildman–Crippen MR) is 64.6 cm³/mol. The number of alkyl halides is 3. The number of halogens is 3. The highest BCUT2D eigenvalue weighted by Crippen LogP contribution is 2.48. The maximum absolute atomic E-state index is 12.6. The van der Waals surface area contributed by atoms with Gasteiger partial charge in [0.2, 0.25) is 0 Å². The first-order chi connectivity index (χ1) is 9.50. The average Bonchev–Trinajstić information content (AvgIpc) is 2.83. The molecule has 1 unspecified atom stereocenters. The fourth-order valence-corrected chi connectivity index (χ4v) is 2.81. The number of fused-ring (bicyclic) bond motifs is 1. The Morgan fingerprint density at radius 2 is 2.05 bits per heavy atom. The third-order valence-corrected chi connectivity index (χ3v) is 4.05. The lowest BCUT2D eigenvalue weighted by Crippen LogP contribution is -2.18. The van der Waals surface area contributed by atoms with Crippen LogP contribution in [0, 0.1) is 17.8 Å². The highest BCUT2D eigenvalue weighted by atomic mass is 19.4. The summed E-state index contributed by atoms with van der Waals surface area (Å²) >= 11 is 0. The van der Waals surface area contributed by atoms with Crippen LogP contribution in [0.25, 0.3) is 0 Å². The minimum absolute atomic E-state index is 0.0174. The first-order valence-corrected chi connectivity index (χ1v) is 6.45. The van der Waals surface area contributed by atoms with Crippen LogP contribution in [0.1, 0.15) is 5.56 Å². The molecule has 1 aromatic heterocycles. The summed E-state index contributed by atoms with van der Waals surface area (Å²) in [6.07, 6.45) is -3.66. The molecule has 0 bridgehead atoms. The second kappa shape index (κ2) is 4.80. The van der Waals surface area contributed by atoms with Gasteiger partial charge in [0, 0.05) is 12.1 Å². The van der Waals surface area contributed by atoms with Crippen molar-refractivity contribution in [2.45, 2.75) is 6.18 Å². The Hall–Kier alpha value is -1.50. The van der Waals surface area contributed by atoms with Gasteiger partial charge in [-0.1, -0.05) is 0 Å². The Morgan fingerprint density at radius 1 is 1.35 bits per heavy atom. The summed E-state index contributed by atoms with van der Waals surface area (Å²) in [5.74, 6) is 1.89. The summed E-state index contributed by atoms with van der Waals surface area (Å²) in [6.45, 7) is 2.47. The molecule has 0 radical (unpaired) electrons. The number of hydrogen-bond acceptors (Lipinski definition) is 4. The largest absolute Gasteiger partial charge is 0.491 e. The van der Waals surface area contributed by atoms with E-state index in [1.807, 2.05) is 0 Å². The van der Waals surface area contributed by atoms with E-state index in [2.05, 4.69) is 10.3 Å². The standard InChI is InChI=1S/C13H15F3N2O2/c1-19-11-2-7(13(14,15)16)3-18-12(11)20-6-10-8-4-17-5-9(8)10/h2-3,8-10,17H,4-6H2,1H3/t8-,9+,10?. The molecule has 1 aromatic rings. The summed E-state index contributed by atoms with van der Waals surface area (Å²) in [5, 5.41) is 3.28. The van der Waals surface area contributed by atoms with Crippen molar-refractivity contribution in [1.29, 1.82) is 0 Å². The molecule has 1 N–H and O–H groups in total. The summed E-state index contributed by atoms with van der Waals surface area (Å²) in [7, 11) is 1.31. The molecule has 20 heavy (non-hydrogen) atoms. The van der Waals surface area contributed by atoms with Crippen LogP contribution in [0.4, 0.5) is 13.2 Å². The van der Waals surface area contributed by atoms with Gasteiger partial charge in [-0.3, -0.25) is 0 Å². The van der Waals surface area contributed by atoms with Crippen molar-refractivity contribution in [1.82, 2.24) is 10.3 Å². The molecule has 1 saturated heterocycles. The van der Waals surface area contributed by atoms with Crippen LogP contribution in [0.2, 0.25) is 0 Å². The van der Waals surface area contributed by atoms with Crippen LogP contribution in [-0.2, 0) is 6.18 Å². The monoisotopic (exact) mass is 288 g/mol. The lowest BCUT2D eigenvalue weighted by Gasteiger charge is -2.13. The maximum Gasteiger partial charge on any atom is 0.418 e. The molecule has 3 atom stereocenters. The molecule has 110 valence electrons. The van der Waals surface area contributed by atoms with Gasteiger partial charge < -0.3 is 14.8 Å². The lowest BCUT2D eigenvalue weighted by atomic mass is 10.2. The molecule has 7 heteroatoms. The van der Waals surface area contributed by atoms with Gasteiger partial charge in [0.25, 0.3) is 5.88 Å². The number of rotatable bonds is 4. The fourth-order valence-electron chi connectivity index (χ4n) is 2.81. The van der Waals surface area contributed by atoms with E-state index in [0.717, 1.165) is 25.4 Å². The molecule has 3 rings (SSSR count). The molecular formula is C13H15F3N2O2. The molecule has 1 saturated carbocycles. The number of aromatic nitrogens is 1. The second-order valence-electron chi connectivity index (χ2n) is 5.19. The predicted octanol–water partition coefficient (Wildman–Crippen LogP) is 1.95. The quantitative estimate of drug-likeness (QED) is 0.919. The zero-order chi connectivity index (χ0) is 14.3. The Kier molecular flexibility index (Phi) is 3.24. The van der Waals surface area contributed by atoms with Crippen molar-refractivity contribution >= 4 is 0 Å². The summed E-state index contributed by atoms with van der Waals surface area (Å²) < 4.78 is 48.2. The average molecular weight is 288 g/mol. The topological polar surface area (TPSA) is 43.4 Å². The van der Waals surface area contributed by atoms with Gasteiger partial charge in [0.15, 0.2) is 5.75 Å². The number of pyridine rings is 1. The first kappa shape index (κ1) is 13.5. The second-order valence-corrected chi connectivity index (χ2v) is 5.19. The summed E-state index contributed by atoms with van der Waals surface area (Å²) in [4.78, 5) is 3.73. The normalized spacial score (nSPS) is 28.1. The number of nitrogens with one attached hydrogen (secondary N) is 1. The van der Waals surface area contributed by atoms with Crippen molar-refractivity contribution in [2.24, 2.45) is 17.8 Å². The Bertz CT molecular complexity index is 497. The van der Waals surface area contributed by atoms with Gasteiger partial charge in [0.05, 0.1) is 19.3 Å². The molecule has 4 nitrogen and oxygen atoms in total. The van der Waals surface area contributed by atoms with Crippen LogP contribution < -0.4 is 14.8 Å². The third kappa shape index (κ3) is 2.42. The number of piperidine rings is 1. The van der Waals surface area contributed by atoms with Crippen LogP contribution in [-0.4, -0.2) is 31.8 Å². The van der Waals surface area contributed by atoms with E-state index >= 15 is 0 Å².